The molecule has 0 bridgehead atoms. The van der Waals surface area contributed by atoms with Gasteiger partial charge >= 0.3 is 0 Å². The van der Waals surface area contributed by atoms with Crippen molar-refractivity contribution in [1.82, 2.24) is 9.47 Å². The van der Waals surface area contributed by atoms with Gasteiger partial charge in [0.1, 0.15) is 5.82 Å². The lowest BCUT2D eigenvalue weighted by Gasteiger charge is -2.12. The second-order valence-corrected chi connectivity index (χ2v) is 8.44. The highest BCUT2D eigenvalue weighted by molar-refractivity contribution is 8.18. The van der Waals surface area contributed by atoms with E-state index < -0.39 is 0 Å². The normalized spacial score (nSPS) is 15.5. The predicted octanol–water partition coefficient (Wildman–Crippen LogP) is 6.12. The minimum absolute atomic E-state index is 0.188. The lowest BCUT2D eigenvalue weighted by molar-refractivity contribution is -0.123. The van der Waals surface area contributed by atoms with Gasteiger partial charge in [-0.15, -0.1) is 0 Å². The third-order valence-electron chi connectivity index (χ3n) is 4.98. The van der Waals surface area contributed by atoms with Crippen molar-refractivity contribution in [3.8, 4) is 5.69 Å². The molecule has 2 heterocycles. The van der Waals surface area contributed by atoms with E-state index in [1.54, 1.807) is 53.1 Å². The molecule has 0 spiro atoms. The van der Waals surface area contributed by atoms with Gasteiger partial charge in [-0.05, 0) is 73.1 Å². The summed E-state index contributed by atoms with van der Waals surface area (Å²) >= 11 is 6.81. The highest BCUT2D eigenvalue weighted by atomic mass is 35.5. The fourth-order valence-corrected chi connectivity index (χ4v) is 4.44. The van der Waals surface area contributed by atoms with Gasteiger partial charge in [0.15, 0.2) is 0 Å². The summed E-state index contributed by atoms with van der Waals surface area (Å²) in [4.78, 5) is 26.8. The van der Waals surface area contributed by atoms with E-state index in [1.807, 2.05) is 19.9 Å². The Labute approximate surface area is 182 Å². The van der Waals surface area contributed by atoms with Gasteiger partial charge in [-0.25, -0.2) is 4.39 Å². The number of carbonyl (C=O) groups is 2. The number of aromatic nitrogens is 1. The first-order valence-electron chi connectivity index (χ1n) is 9.29. The summed E-state index contributed by atoms with van der Waals surface area (Å²) < 4.78 is 16.1. The zero-order chi connectivity index (χ0) is 21.4. The van der Waals surface area contributed by atoms with Crippen LogP contribution < -0.4 is 0 Å². The lowest BCUT2D eigenvalue weighted by Crippen LogP contribution is -2.27. The largest absolute Gasteiger partial charge is 0.315 e. The molecule has 0 saturated carbocycles. The molecule has 2 aromatic carbocycles. The minimum atomic E-state index is -0.337. The molecule has 0 unspecified atom stereocenters. The molecule has 2 amide bonds. The van der Waals surface area contributed by atoms with E-state index in [4.69, 9.17) is 11.6 Å². The average molecular weight is 441 g/mol. The van der Waals surface area contributed by atoms with Gasteiger partial charge in [-0.2, -0.15) is 0 Å². The number of nitrogens with zero attached hydrogens (tertiary/aromatic N) is 2. The maximum absolute atomic E-state index is 14.3. The van der Waals surface area contributed by atoms with E-state index in [-0.39, 0.29) is 23.5 Å². The Morgan fingerprint density at radius 2 is 1.77 bits per heavy atom. The Kier molecular flexibility index (Phi) is 5.54. The molecule has 1 aliphatic rings. The molecule has 4 nitrogen and oxygen atoms in total. The second-order valence-electron chi connectivity index (χ2n) is 7.01. The number of carbonyl (C=O) groups excluding carboxylic acids is 2. The summed E-state index contributed by atoms with van der Waals surface area (Å²) in [6, 6.07) is 15.5. The highest BCUT2D eigenvalue weighted by Gasteiger charge is 2.35. The first kappa shape index (κ1) is 20.4. The van der Waals surface area contributed by atoms with Gasteiger partial charge in [0.05, 0.1) is 17.1 Å². The molecule has 1 saturated heterocycles. The van der Waals surface area contributed by atoms with Crippen LogP contribution in [0.2, 0.25) is 5.02 Å². The van der Waals surface area contributed by atoms with Crippen LogP contribution in [0.3, 0.4) is 0 Å². The maximum Gasteiger partial charge on any atom is 0.293 e. The Hall–Kier alpha value is -2.83. The van der Waals surface area contributed by atoms with Crippen LogP contribution in [0.5, 0.6) is 0 Å². The summed E-state index contributed by atoms with van der Waals surface area (Å²) in [7, 11) is 0. The zero-order valence-electron chi connectivity index (χ0n) is 16.4. The fourth-order valence-electron chi connectivity index (χ4n) is 3.49. The number of halogens is 2. The third-order valence-corrected chi connectivity index (χ3v) is 6.14. The van der Waals surface area contributed by atoms with Crippen LogP contribution in [0.15, 0.2) is 59.5 Å². The van der Waals surface area contributed by atoms with E-state index in [2.05, 4.69) is 0 Å². The molecule has 7 heteroatoms. The van der Waals surface area contributed by atoms with Crippen molar-refractivity contribution in [3.05, 3.63) is 92.9 Å². The van der Waals surface area contributed by atoms with E-state index in [0.29, 0.717) is 15.6 Å². The fraction of sp³-hybridized carbons (Fsp3) is 0.130. The summed E-state index contributed by atoms with van der Waals surface area (Å²) in [6.45, 7) is 3.93. The smallest absolute Gasteiger partial charge is 0.293 e. The molecule has 152 valence electrons. The number of thioether (sulfide) groups is 1. The Morgan fingerprint density at radius 3 is 2.47 bits per heavy atom. The molecular formula is C23H18ClFN2O2S. The number of para-hydroxylation sites is 1. The SMILES string of the molecule is Cc1cc(/C=C2\SC(=O)N(Cc3ccc(Cl)cc3)C2=O)c(C)n1-c1ccccc1F. The number of rotatable bonds is 4. The van der Waals surface area contributed by atoms with E-state index in [9.17, 15) is 14.0 Å². The van der Waals surface area contributed by atoms with Gasteiger partial charge in [0.2, 0.25) is 0 Å². The molecular weight excluding hydrogens is 423 g/mol. The molecule has 0 atom stereocenters. The van der Waals surface area contributed by atoms with Crippen molar-refractivity contribution in [2.75, 3.05) is 0 Å². The topological polar surface area (TPSA) is 42.3 Å². The molecule has 1 fully saturated rings. The third kappa shape index (κ3) is 3.80. The number of hydrogen-bond acceptors (Lipinski definition) is 3. The van der Waals surface area contributed by atoms with Crippen molar-refractivity contribution in [2.45, 2.75) is 20.4 Å². The van der Waals surface area contributed by atoms with Crippen LogP contribution in [0, 0.1) is 19.7 Å². The molecule has 3 aromatic rings. The first-order valence-corrected chi connectivity index (χ1v) is 10.5. The van der Waals surface area contributed by atoms with E-state index in [0.717, 1.165) is 34.3 Å². The summed E-state index contributed by atoms with van der Waals surface area (Å²) in [5.41, 5.74) is 3.67. The van der Waals surface area contributed by atoms with Crippen LogP contribution in [0.4, 0.5) is 9.18 Å². The number of hydrogen-bond donors (Lipinski definition) is 0. The van der Waals surface area contributed by atoms with Crippen LogP contribution in [0.25, 0.3) is 11.8 Å². The average Bonchev–Trinajstić information content (AvgIpc) is 3.14. The van der Waals surface area contributed by atoms with Gasteiger partial charge in [0, 0.05) is 16.4 Å². The molecule has 30 heavy (non-hydrogen) atoms. The number of imide groups is 1. The molecule has 1 aromatic heterocycles. The van der Waals surface area contributed by atoms with Gasteiger partial charge in [-0.1, -0.05) is 35.9 Å². The van der Waals surface area contributed by atoms with Crippen molar-refractivity contribution >= 4 is 40.6 Å². The van der Waals surface area contributed by atoms with Crippen LogP contribution in [-0.2, 0) is 11.3 Å². The first-order chi connectivity index (χ1) is 14.3. The summed E-state index contributed by atoms with van der Waals surface area (Å²) in [5, 5.41) is 0.280. The molecule has 4 rings (SSSR count). The highest BCUT2D eigenvalue weighted by Crippen LogP contribution is 2.35. The molecule has 0 N–H and O–H groups in total. The number of amides is 2. The molecule has 1 aliphatic heterocycles. The minimum Gasteiger partial charge on any atom is -0.315 e. The monoisotopic (exact) mass is 440 g/mol. The second kappa shape index (κ2) is 8.13. The van der Waals surface area contributed by atoms with Crippen molar-refractivity contribution in [1.29, 1.82) is 0 Å². The number of aryl methyl sites for hydroxylation is 1. The van der Waals surface area contributed by atoms with Crippen LogP contribution in [-0.4, -0.2) is 20.6 Å². The van der Waals surface area contributed by atoms with Crippen molar-refractivity contribution in [2.24, 2.45) is 0 Å². The maximum atomic E-state index is 14.3. The van der Waals surface area contributed by atoms with Crippen LogP contribution in [0.1, 0.15) is 22.5 Å². The lowest BCUT2D eigenvalue weighted by atomic mass is 10.2. The molecule has 0 radical (unpaired) electrons. The quantitative estimate of drug-likeness (QED) is 0.459. The van der Waals surface area contributed by atoms with Crippen molar-refractivity contribution in [3.63, 3.8) is 0 Å². The van der Waals surface area contributed by atoms with Gasteiger partial charge in [0.25, 0.3) is 11.1 Å². The Balaban J connectivity index is 1.63. The van der Waals surface area contributed by atoms with Gasteiger partial charge < -0.3 is 4.57 Å². The molecule has 0 aliphatic carbocycles. The van der Waals surface area contributed by atoms with Crippen molar-refractivity contribution < 1.29 is 14.0 Å². The summed E-state index contributed by atoms with van der Waals surface area (Å²) in [5.74, 6) is -0.662. The Morgan fingerprint density at radius 1 is 1.07 bits per heavy atom. The van der Waals surface area contributed by atoms with Gasteiger partial charge in [-0.3, -0.25) is 14.5 Å². The van der Waals surface area contributed by atoms with Crippen LogP contribution >= 0.6 is 23.4 Å². The Bertz CT molecular complexity index is 1180. The van der Waals surface area contributed by atoms with E-state index in [1.165, 1.54) is 11.0 Å². The zero-order valence-corrected chi connectivity index (χ0v) is 17.9. The predicted molar refractivity (Wildman–Crippen MR) is 118 cm³/mol. The van der Waals surface area contributed by atoms with E-state index >= 15 is 0 Å². The summed E-state index contributed by atoms with van der Waals surface area (Å²) in [6.07, 6.45) is 1.70. The number of benzene rings is 2. The standard InChI is InChI=1S/C23H18ClFN2O2S/c1-14-11-17(15(2)27(14)20-6-4-3-5-19(20)25)12-21-22(28)26(23(29)30-21)13-16-7-9-18(24)10-8-16/h3-12H,13H2,1-2H3/b21-12-.